The number of ether oxygens (including phenoxy) is 2. The van der Waals surface area contributed by atoms with Gasteiger partial charge in [0.1, 0.15) is 11.1 Å². The van der Waals surface area contributed by atoms with E-state index < -0.39 is 0 Å². The summed E-state index contributed by atoms with van der Waals surface area (Å²) in [6, 6.07) is 1.53. The van der Waals surface area contributed by atoms with E-state index in [1.165, 1.54) is 12.3 Å². The van der Waals surface area contributed by atoms with Crippen LogP contribution < -0.4 is 10.1 Å². The van der Waals surface area contributed by atoms with Gasteiger partial charge in [0, 0.05) is 24.1 Å². The number of aromatic nitrogens is 2. The van der Waals surface area contributed by atoms with Crippen LogP contribution in [0.25, 0.3) is 0 Å². The number of pyridine rings is 1. The van der Waals surface area contributed by atoms with E-state index in [1.54, 1.807) is 11.8 Å². The Bertz CT molecular complexity index is 776. The van der Waals surface area contributed by atoms with E-state index in [4.69, 9.17) is 25.6 Å². The van der Waals surface area contributed by atoms with Crippen LogP contribution in [-0.2, 0) is 16.2 Å². The van der Waals surface area contributed by atoms with Crippen LogP contribution >= 0.6 is 23.4 Å². The fraction of sp³-hybridized carbons (Fsp3) is 0.400. The number of amides is 1. The van der Waals surface area contributed by atoms with Crippen molar-refractivity contribution in [2.75, 3.05) is 18.5 Å². The molecule has 1 atom stereocenters. The number of thioether (sulfide) groups is 1. The molecule has 0 aromatic carbocycles. The first-order valence-corrected chi connectivity index (χ1v) is 9.00. The van der Waals surface area contributed by atoms with Gasteiger partial charge < -0.3 is 14.0 Å². The third-order valence-electron chi connectivity index (χ3n) is 3.82. The molecule has 2 aliphatic heterocycles. The molecule has 4 heterocycles. The van der Waals surface area contributed by atoms with Crippen LogP contribution in [0.3, 0.4) is 0 Å². The molecule has 24 heavy (non-hydrogen) atoms. The molecule has 1 fully saturated rings. The minimum atomic E-state index is -0.351. The van der Waals surface area contributed by atoms with Crippen molar-refractivity contribution in [2.45, 2.75) is 24.0 Å². The number of halogens is 1. The summed E-state index contributed by atoms with van der Waals surface area (Å²) in [5, 5.41) is 6.95. The van der Waals surface area contributed by atoms with Crippen LogP contribution in [0.1, 0.15) is 28.0 Å². The number of carbonyl (C=O) groups excluding carboxylic acids is 1. The summed E-state index contributed by atoms with van der Waals surface area (Å²) in [6.45, 7) is 1.19. The minimum absolute atomic E-state index is 0.0519. The van der Waals surface area contributed by atoms with Crippen LogP contribution in [0.2, 0.25) is 5.02 Å². The SMILES string of the molecule is O=C(Nc1onc2c1CSC2)c1cnc(OC2CCOC2)c(Cl)c1. The first kappa shape index (κ1) is 15.7. The summed E-state index contributed by atoms with van der Waals surface area (Å²) >= 11 is 7.91. The number of hydrogen-bond donors (Lipinski definition) is 1. The minimum Gasteiger partial charge on any atom is -0.471 e. The lowest BCUT2D eigenvalue weighted by Gasteiger charge is -2.12. The monoisotopic (exact) mass is 367 g/mol. The van der Waals surface area contributed by atoms with E-state index in [0.29, 0.717) is 30.5 Å². The first-order valence-electron chi connectivity index (χ1n) is 7.47. The normalized spacial score (nSPS) is 19.3. The summed E-state index contributed by atoms with van der Waals surface area (Å²) in [7, 11) is 0. The highest BCUT2D eigenvalue weighted by atomic mass is 35.5. The second kappa shape index (κ2) is 6.62. The molecule has 4 rings (SSSR count). The lowest BCUT2D eigenvalue weighted by atomic mass is 10.2. The van der Waals surface area contributed by atoms with Gasteiger partial charge in [-0.25, -0.2) is 4.98 Å². The number of fused-ring (bicyclic) bond motifs is 1. The molecule has 0 saturated carbocycles. The van der Waals surface area contributed by atoms with Gasteiger partial charge in [-0.3, -0.25) is 10.1 Å². The van der Waals surface area contributed by atoms with Crippen molar-refractivity contribution in [1.29, 1.82) is 0 Å². The fourth-order valence-corrected chi connectivity index (χ4v) is 3.76. The van der Waals surface area contributed by atoms with Gasteiger partial charge >= 0.3 is 0 Å². The molecule has 1 unspecified atom stereocenters. The molecule has 2 aliphatic rings. The van der Waals surface area contributed by atoms with Gasteiger partial charge in [-0.1, -0.05) is 16.8 Å². The van der Waals surface area contributed by atoms with Crippen molar-refractivity contribution >= 4 is 35.2 Å². The maximum absolute atomic E-state index is 12.4. The van der Waals surface area contributed by atoms with E-state index in [1.807, 2.05) is 0 Å². The van der Waals surface area contributed by atoms with Crippen molar-refractivity contribution in [3.63, 3.8) is 0 Å². The van der Waals surface area contributed by atoms with Crippen LogP contribution in [0.4, 0.5) is 5.88 Å². The second-order valence-corrected chi connectivity index (χ2v) is 6.89. The summed E-state index contributed by atoms with van der Waals surface area (Å²) in [5.74, 6) is 1.93. The van der Waals surface area contributed by atoms with Crippen LogP contribution in [0.5, 0.6) is 5.88 Å². The summed E-state index contributed by atoms with van der Waals surface area (Å²) in [5.41, 5.74) is 2.15. The average molecular weight is 368 g/mol. The molecule has 1 amide bonds. The molecule has 126 valence electrons. The van der Waals surface area contributed by atoms with Gasteiger partial charge in [-0.05, 0) is 6.07 Å². The second-order valence-electron chi connectivity index (χ2n) is 5.50. The van der Waals surface area contributed by atoms with E-state index in [2.05, 4.69) is 15.5 Å². The summed E-state index contributed by atoms with van der Waals surface area (Å²) < 4.78 is 16.1. The topological polar surface area (TPSA) is 86.5 Å². The summed E-state index contributed by atoms with van der Waals surface area (Å²) in [4.78, 5) is 16.5. The number of hydrogen-bond acceptors (Lipinski definition) is 7. The molecule has 0 aliphatic carbocycles. The van der Waals surface area contributed by atoms with E-state index in [-0.39, 0.29) is 17.0 Å². The highest BCUT2D eigenvalue weighted by molar-refractivity contribution is 7.98. The van der Waals surface area contributed by atoms with Gasteiger partial charge in [0.05, 0.1) is 30.0 Å². The van der Waals surface area contributed by atoms with Crippen LogP contribution in [0.15, 0.2) is 16.8 Å². The number of anilines is 1. The lowest BCUT2D eigenvalue weighted by Crippen LogP contribution is -2.17. The predicted molar refractivity (Wildman–Crippen MR) is 88.6 cm³/mol. The third kappa shape index (κ3) is 3.09. The van der Waals surface area contributed by atoms with E-state index >= 15 is 0 Å². The Hall–Kier alpha value is -1.77. The highest BCUT2D eigenvalue weighted by Gasteiger charge is 2.24. The standard InChI is InChI=1S/C15H14ClN3O4S/c16-11-3-8(4-17-15(11)22-9-1-2-21-5-9)13(20)18-14-10-6-24-7-12(10)19-23-14/h3-4,9H,1-2,5-7H2,(H,18,20). The van der Waals surface area contributed by atoms with E-state index in [9.17, 15) is 4.79 Å². The van der Waals surface area contributed by atoms with Gasteiger partial charge in [-0.2, -0.15) is 11.8 Å². The molecule has 0 radical (unpaired) electrons. The number of nitrogens with one attached hydrogen (secondary N) is 1. The quantitative estimate of drug-likeness (QED) is 0.888. The number of nitrogens with zero attached hydrogens (tertiary/aromatic N) is 2. The van der Waals surface area contributed by atoms with Crippen molar-refractivity contribution in [3.8, 4) is 5.88 Å². The third-order valence-corrected chi connectivity index (χ3v) is 5.06. The zero-order valence-corrected chi connectivity index (χ0v) is 14.2. The molecule has 0 spiro atoms. The molecule has 7 nitrogen and oxygen atoms in total. The van der Waals surface area contributed by atoms with E-state index in [0.717, 1.165) is 29.2 Å². The fourth-order valence-electron chi connectivity index (χ4n) is 2.53. The van der Waals surface area contributed by atoms with Crippen LogP contribution in [-0.4, -0.2) is 35.4 Å². The molecular formula is C15H14ClN3O4S. The van der Waals surface area contributed by atoms with Crippen molar-refractivity contribution in [3.05, 3.63) is 34.1 Å². The molecule has 1 saturated heterocycles. The maximum atomic E-state index is 12.4. The first-order chi connectivity index (χ1) is 11.7. The highest BCUT2D eigenvalue weighted by Crippen LogP contribution is 2.34. The average Bonchev–Trinajstić information content (AvgIpc) is 3.29. The van der Waals surface area contributed by atoms with Crippen LogP contribution in [0, 0.1) is 0 Å². The Morgan fingerprint density at radius 3 is 3.17 bits per heavy atom. The van der Waals surface area contributed by atoms with Gasteiger partial charge in [-0.15, -0.1) is 0 Å². The Morgan fingerprint density at radius 1 is 1.46 bits per heavy atom. The lowest BCUT2D eigenvalue weighted by molar-refractivity contribution is 0.102. The number of carbonyl (C=O) groups is 1. The largest absolute Gasteiger partial charge is 0.471 e. The van der Waals surface area contributed by atoms with Crippen molar-refractivity contribution < 1.29 is 18.8 Å². The zero-order valence-electron chi connectivity index (χ0n) is 12.6. The molecule has 0 bridgehead atoms. The molecule has 2 aromatic heterocycles. The zero-order chi connectivity index (χ0) is 16.5. The van der Waals surface area contributed by atoms with Gasteiger partial charge in [0.25, 0.3) is 5.91 Å². The maximum Gasteiger partial charge on any atom is 0.259 e. The van der Waals surface area contributed by atoms with Crippen molar-refractivity contribution in [1.82, 2.24) is 10.1 Å². The molecule has 9 heteroatoms. The van der Waals surface area contributed by atoms with Gasteiger partial charge in [0.15, 0.2) is 0 Å². The molecule has 1 N–H and O–H groups in total. The molecule has 2 aromatic rings. The van der Waals surface area contributed by atoms with Gasteiger partial charge in [0.2, 0.25) is 11.8 Å². The predicted octanol–water partition coefficient (Wildman–Crippen LogP) is 2.89. The molecular weight excluding hydrogens is 354 g/mol. The summed E-state index contributed by atoms with van der Waals surface area (Å²) in [6.07, 6.45) is 2.18. The smallest absolute Gasteiger partial charge is 0.259 e. The number of rotatable bonds is 4. The Balaban J connectivity index is 1.47. The Kier molecular flexibility index (Phi) is 4.34. The Morgan fingerprint density at radius 2 is 2.38 bits per heavy atom. The Labute approximate surface area is 147 Å². The van der Waals surface area contributed by atoms with Crippen molar-refractivity contribution in [2.24, 2.45) is 0 Å².